The maximum atomic E-state index is 11.5. The van der Waals surface area contributed by atoms with Crippen molar-refractivity contribution in [3.8, 4) is 0 Å². The SMILES string of the molecule is CCNC(=O)CCOCCNC(=O)CCN1C(=O)C=CC1=O. The largest absolute Gasteiger partial charge is 0.379 e. The Labute approximate surface area is 128 Å². The summed E-state index contributed by atoms with van der Waals surface area (Å²) in [7, 11) is 0. The predicted molar refractivity (Wildman–Crippen MR) is 77.6 cm³/mol. The van der Waals surface area contributed by atoms with Crippen LogP contribution in [0.15, 0.2) is 12.2 Å². The van der Waals surface area contributed by atoms with Gasteiger partial charge in [0, 0.05) is 44.6 Å². The van der Waals surface area contributed by atoms with Gasteiger partial charge in [-0.3, -0.25) is 24.1 Å². The minimum atomic E-state index is -0.397. The molecule has 0 saturated carbocycles. The van der Waals surface area contributed by atoms with Gasteiger partial charge in [0.05, 0.1) is 13.2 Å². The molecule has 122 valence electrons. The highest BCUT2D eigenvalue weighted by atomic mass is 16.5. The number of nitrogens with one attached hydrogen (secondary N) is 2. The second-order valence-electron chi connectivity index (χ2n) is 4.58. The molecule has 0 atom stereocenters. The molecule has 22 heavy (non-hydrogen) atoms. The first-order valence-electron chi connectivity index (χ1n) is 7.19. The summed E-state index contributed by atoms with van der Waals surface area (Å²) in [4.78, 5) is 46.2. The Morgan fingerprint density at radius 3 is 2.32 bits per heavy atom. The quantitative estimate of drug-likeness (QED) is 0.396. The van der Waals surface area contributed by atoms with E-state index in [0.29, 0.717) is 26.3 Å². The van der Waals surface area contributed by atoms with Crippen LogP contribution in [0, 0.1) is 0 Å². The topological polar surface area (TPSA) is 105 Å². The third-order valence-electron chi connectivity index (χ3n) is 2.88. The van der Waals surface area contributed by atoms with Crippen LogP contribution >= 0.6 is 0 Å². The van der Waals surface area contributed by atoms with E-state index in [1.165, 1.54) is 12.2 Å². The lowest BCUT2D eigenvalue weighted by Crippen LogP contribution is -2.35. The minimum absolute atomic E-state index is 0.0536. The summed E-state index contributed by atoms with van der Waals surface area (Å²) in [5.74, 6) is -1.13. The maximum absolute atomic E-state index is 11.5. The van der Waals surface area contributed by atoms with E-state index in [0.717, 1.165) is 4.90 Å². The molecule has 1 aliphatic rings. The van der Waals surface area contributed by atoms with Gasteiger partial charge in [0.1, 0.15) is 0 Å². The molecule has 0 aromatic rings. The third-order valence-corrected chi connectivity index (χ3v) is 2.88. The van der Waals surface area contributed by atoms with Gasteiger partial charge in [0.15, 0.2) is 0 Å². The number of hydrogen-bond acceptors (Lipinski definition) is 5. The van der Waals surface area contributed by atoms with Crippen molar-refractivity contribution in [1.29, 1.82) is 0 Å². The molecule has 1 heterocycles. The molecular weight excluding hydrogens is 290 g/mol. The number of rotatable bonds is 10. The minimum Gasteiger partial charge on any atom is -0.379 e. The molecule has 0 spiro atoms. The molecule has 2 N–H and O–H groups in total. The second-order valence-corrected chi connectivity index (χ2v) is 4.58. The summed E-state index contributed by atoms with van der Waals surface area (Å²) >= 11 is 0. The number of imide groups is 1. The molecular formula is C14H21N3O5. The van der Waals surface area contributed by atoms with Crippen molar-refractivity contribution in [2.45, 2.75) is 19.8 Å². The average molecular weight is 311 g/mol. The van der Waals surface area contributed by atoms with E-state index < -0.39 is 11.8 Å². The molecule has 0 unspecified atom stereocenters. The lowest BCUT2D eigenvalue weighted by Gasteiger charge is -2.13. The number of nitrogens with zero attached hydrogens (tertiary/aromatic N) is 1. The first kappa shape index (κ1) is 17.8. The van der Waals surface area contributed by atoms with E-state index in [1.807, 2.05) is 6.92 Å². The highest BCUT2D eigenvalue weighted by Gasteiger charge is 2.23. The fourth-order valence-electron chi connectivity index (χ4n) is 1.77. The fourth-order valence-corrected chi connectivity index (χ4v) is 1.77. The van der Waals surface area contributed by atoms with Crippen molar-refractivity contribution in [1.82, 2.24) is 15.5 Å². The maximum Gasteiger partial charge on any atom is 0.253 e. The Morgan fingerprint density at radius 1 is 1.05 bits per heavy atom. The zero-order chi connectivity index (χ0) is 16.4. The highest BCUT2D eigenvalue weighted by Crippen LogP contribution is 2.03. The molecule has 1 rings (SSSR count). The fraction of sp³-hybridized carbons (Fsp3) is 0.571. The second kappa shape index (κ2) is 9.67. The van der Waals surface area contributed by atoms with Crippen LogP contribution in [0.25, 0.3) is 0 Å². The Balaban J connectivity index is 2.01. The lowest BCUT2D eigenvalue weighted by molar-refractivity contribution is -0.137. The molecule has 0 radical (unpaired) electrons. The summed E-state index contributed by atoms with van der Waals surface area (Å²) in [6.07, 6.45) is 2.71. The first-order valence-corrected chi connectivity index (χ1v) is 7.19. The van der Waals surface area contributed by atoms with Crippen LogP contribution in [0.5, 0.6) is 0 Å². The van der Waals surface area contributed by atoms with E-state index >= 15 is 0 Å². The van der Waals surface area contributed by atoms with Crippen molar-refractivity contribution in [3.63, 3.8) is 0 Å². The van der Waals surface area contributed by atoms with Crippen molar-refractivity contribution in [2.24, 2.45) is 0 Å². The van der Waals surface area contributed by atoms with Crippen molar-refractivity contribution >= 4 is 23.6 Å². The van der Waals surface area contributed by atoms with E-state index in [1.54, 1.807) is 0 Å². The van der Waals surface area contributed by atoms with Crippen LogP contribution in [0.3, 0.4) is 0 Å². The molecule has 8 nitrogen and oxygen atoms in total. The van der Waals surface area contributed by atoms with Crippen LogP contribution in [-0.4, -0.2) is 61.4 Å². The van der Waals surface area contributed by atoms with Gasteiger partial charge in [-0.25, -0.2) is 0 Å². The lowest BCUT2D eigenvalue weighted by atomic mass is 10.3. The zero-order valence-corrected chi connectivity index (χ0v) is 12.6. The van der Waals surface area contributed by atoms with Crippen LogP contribution in [0.4, 0.5) is 0 Å². The zero-order valence-electron chi connectivity index (χ0n) is 12.6. The number of carbonyl (C=O) groups is 4. The summed E-state index contributed by atoms with van der Waals surface area (Å²) in [6.45, 7) is 3.40. The highest BCUT2D eigenvalue weighted by molar-refractivity contribution is 6.13. The molecule has 0 aromatic carbocycles. The molecule has 1 aliphatic heterocycles. The number of ether oxygens (including phenoxy) is 1. The Morgan fingerprint density at radius 2 is 1.68 bits per heavy atom. The standard InChI is InChI=1S/C14H21N3O5/c1-2-15-12(19)6-9-22-10-7-16-11(18)5-8-17-13(20)3-4-14(17)21/h3-4H,2,5-10H2,1H3,(H,15,19)(H,16,18). The van der Waals surface area contributed by atoms with Crippen LogP contribution in [0.1, 0.15) is 19.8 Å². The Hall–Kier alpha value is -2.22. The van der Waals surface area contributed by atoms with Gasteiger partial charge in [-0.15, -0.1) is 0 Å². The van der Waals surface area contributed by atoms with Gasteiger partial charge in [-0.1, -0.05) is 0 Å². The van der Waals surface area contributed by atoms with Gasteiger partial charge in [-0.05, 0) is 6.92 Å². The van der Waals surface area contributed by atoms with Crippen LogP contribution < -0.4 is 10.6 Å². The summed E-state index contributed by atoms with van der Waals surface area (Å²) < 4.78 is 5.21. The molecule has 8 heteroatoms. The third kappa shape index (κ3) is 6.49. The Bertz CT molecular complexity index is 443. The van der Waals surface area contributed by atoms with Crippen LogP contribution in [-0.2, 0) is 23.9 Å². The van der Waals surface area contributed by atoms with Crippen molar-refractivity contribution < 1.29 is 23.9 Å². The number of amides is 4. The molecule has 0 aliphatic carbocycles. The van der Waals surface area contributed by atoms with Gasteiger partial charge >= 0.3 is 0 Å². The molecule has 4 amide bonds. The van der Waals surface area contributed by atoms with Gasteiger partial charge < -0.3 is 15.4 Å². The van der Waals surface area contributed by atoms with E-state index in [9.17, 15) is 19.2 Å². The predicted octanol–water partition coefficient (Wildman–Crippen LogP) is -1.04. The molecule has 0 saturated heterocycles. The van der Waals surface area contributed by atoms with Gasteiger partial charge in [-0.2, -0.15) is 0 Å². The number of carbonyl (C=O) groups excluding carboxylic acids is 4. The van der Waals surface area contributed by atoms with Crippen molar-refractivity contribution in [2.75, 3.05) is 32.8 Å². The molecule has 0 fully saturated rings. The molecule has 0 aromatic heterocycles. The normalized spacial score (nSPS) is 13.6. The molecule has 0 bridgehead atoms. The summed E-state index contributed by atoms with van der Waals surface area (Å²) in [6, 6.07) is 0. The number of hydrogen-bond donors (Lipinski definition) is 2. The summed E-state index contributed by atoms with van der Waals surface area (Å²) in [5.41, 5.74) is 0. The smallest absolute Gasteiger partial charge is 0.253 e. The Kier molecular flexibility index (Phi) is 7.84. The van der Waals surface area contributed by atoms with E-state index in [2.05, 4.69) is 10.6 Å². The van der Waals surface area contributed by atoms with Gasteiger partial charge in [0.2, 0.25) is 11.8 Å². The monoisotopic (exact) mass is 311 g/mol. The first-order chi connectivity index (χ1) is 10.5. The average Bonchev–Trinajstić information content (AvgIpc) is 2.80. The van der Waals surface area contributed by atoms with E-state index in [4.69, 9.17) is 4.74 Å². The van der Waals surface area contributed by atoms with E-state index in [-0.39, 0.29) is 31.2 Å². The van der Waals surface area contributed by atoms with Crippen molar-refractivity contribution in [3.05, 3.63) is 12.2 Å². The summed E-state index contributed by atoms with van der Waals surface area (Å²) in [5, 5.41) is 5.27. The van der Waals surface area contributed by atoms with Gasteiger partial charge in [0.25, 0.3) is 11.8 Å². The van der Waals surface area contributed by atoms with Crippen LogP contribution in [0.2, 0.25) is 0 Å².